The first-order valence-electron chi connectivity index (χ1n) is 7.64. The van der Waals surface area contributed by atoms with Crippen LogP contribution in [0.1, 0.15) is 25.6 Å². The predicted octanol–water partition coefficient (Wildman–Crippen LogP) is 3.50. The van der Waals surface area contributed by atoms with Crippen molar-refractivity contribution in [2.75, 3.05) is 18.5 Å². The largest absolute Gasteiger partial charge is 0.494 e. The van der Waals surface area contributed by atoms with E-state index in [4.69, 9.17) is 4.74 Å². The van der Waals surface area contributed by atoms with Crippen molar-refractivity contribution in [3.63, 3.8) is 0 Å². The molecule has 2 aromatic rings. The molecule has 0 unspecified atom stereocenters. The van der Waals surface area contributed by atoms with Crippen molar-refractivity contribution >= 4 is 11.7 Å². The summed E-state index contributed by atoms with van der Waals surface area (Å²) in [6.07, 6.45) is 2.06. The number of fused-ring (bicyclic) bond motifs is 1. The average molecular weight is 299 g/mol. The number of nitrogens with one attached hydrogen (secondary N) is 1. The Balaban J connectivity index is 1.67. The van der Waals surface area contributed by atoms with Crippen LogP contribution in [0.5, 0.6) is 5.75 Å². The number of rotatable bonds is 3. The highest BCUT2D eigenvalue weighted by Gasteiger charge is 2.27. The molecule has 1 aromatic carbocycles. The van der Waals surface area contributed by atoms with E-state index >= 15 is 0 Å². The lowest BCUT2D eigenvalue weighted by molar-refractivity contribution is 0.175. The fourth-order valence-electron chi connectivity index (χ4n) is 2.85. The summed E-state index contributed by atoms with van der Waals surface area (Å²) in [4.78, 5) is 14.4. The summed E-state index contributed by atoms with van der Waals surface area (Å²) in [5.74, 6) is 0.810. The maximum Gasteiger partial charge on any atom is 0.322 e. The lowest BCUT2D eigenvalue weighted by atomic mass is 10.1. The molecule has 0 bridgehead atoms. The van der Waals surface area contributed by atoms with E-state index < -0.39 is 0 Å². The third-order valence-electron chi connectivity index (χ3n) is 4.02. The van der Waals surface area contributed by atoms with Gasteiger partial charge in [0.15, 0.2) is 0 Å². The topological polar surface area (TPSA) is 46.5 Å². The van der Waals surface area contributed by atoms with Crippen LogP contribution in [0, 0.1) is 0 Å². The normalized spacial score (nSPS) is 17.0. The minimum absolute atomic E-state index is 0.0656. The minimum Gasteiger partial charge on any atom is -0.494 e. The number of amides is 2. The van der Waals surface area contributed by atoms with Gasteiger partial charge in [-0.25, -0.2) is 4.79 Å². The van der Waals surface area contributed by atoms with Crippen molar-refractivity contribution in [1.29, 1.82) is 0 Å². The Kier molecular flexibility index (Phi) is 4.04. The van der Waals surface area contributed by atoms with Crippen molar-refractivity contribution in [3.8, 4) is 5.75 Å². The van der Waals surface area contributed by atoms with Crippen molar-refractivity contribution in [2.45, 2.75) is 26.4 Å². The number of hydrogen-bond donors (Lipinski definition) is 1. The van der Waals surface area contributed by atoms with Crippen LogP contribution in [-0.4, -0.2) is 28.6 Å². The number of hydrogen-bond acceptors (Lipinski definition) is 2. The van der Waals surface area contributed by atoms with Gasteiger partial charge in [-0.2, -0.15) is 0 Å². The van der Waals surface area contributed by atoms with Gasteiger partial charge in [-0.1, -0.05) is 0 Å². The van der Waals surface area contributed by atoms with E-state index in [9.17, 15) is 4.79 Å². The third kappa shape index (κ3) is 2.79. The molecule has 1 aliphatic rings. The number of benzene rings is 1. The number of nitrogens with zero attached hydrogens (tertiary/aromatic N) is 2. The first kappa shape index (κ1) is 14.5. The quantitative estimate of drug-likeness (QED) is 0.943. The standard InChI is InChI=1S/C17H21N3O2/c1-3-22-15-8-6-14(7-9-15)18-17(21)20-12-11-19-10-4-5-16(19)13(20)2/h4-10,13H,3,11-12H2,1-2H3,(H,18,21)/t13-/m0/s1. The Hall–Kier alpha value is -2.43. The van der Waals surface area contributed by atoms with E-state index in [1.54, 1.807) is 0 Å². The smallest absolute Gasteiger partial charge is 0.322 e. The van der Waals surface area contributed by atoms with Gasteiger partial charge in [0.2, 0.25) is 0 Å². The molecule has 116 valence electrons. The molecule has 1 N–H and O–H groups in total. The fraction of sp³-hybridized carbons (Fsp3) is 0.353. The SMILES string of the molecule is CCOc1ccc(NC(=O)N2CCn3cccc3[C@@H]2C)cc1. The summed E-state index contributed by atoms with van der Waals surface area (Å²) in [7, 11) is 0. The zero-order valence-electron chi connectivity index (χ0n) is 13.0. The summed E-state index contributed by atoms with van der Waals surface area (Å²) in [5, 5.41) is 2.96. The number of ether oxygens (including phenoxy) is 1. The van der Waals surface area contributed by atoms with Crippen molar-refractivity contribution in [2.24, 2.45) is 0 Å². The van der Waals surface area contributed by atoms with Crippen LogP contribution in [-0.2, 0) is 6.54 Å². The second-order valence-corrected chi connectivity index (χ2v) is 5.38. The molecule has 0 radical (unpaired) electrons. The molecule has 1 atom stereocenters. The molecule has 1 aromatic heterocycles. The summed E-state index contributed by atoms with van der Waals surface area (Å²) < 4.78 is 7.60. The van der Waals surface area contributed by atoms with Crippen LogP contribution in [0.25, 0.3) is 0 Å². The molecule has 5 nitrogen and oxygen atoms in total. The predicted molar refractivity (Wildman–Crippen MR) is 86.2 cm³/mol. The monoisotopic (exact) mass is 299 g/mol. The Morgan fingerprint density at radius 3 is 2.77 bits per heavy atom. The lowest BCUT2D eigenvalue weighted by Gasteiger charge is -2.34. The minimum atomic E-state index is -0.0656. The van der Waals surface area contributed by atoms with E-state index in [1.165, 1.54) is 5.69 Å². The summed E-state index contributed by atoms with van der Waals surface area (Å²) >= 11 is 0. The van der Waals surface area contributed by atoms with Gasteiger partial charge in [-0.3, -0.25) is 0 Å². The van der Waals surface area contributed by atoms with E-state index in [0.29, 0.717) is 13.2 Å². The molecule has 5 heteroatoms. The molecule has 0 saturated heterocycles. The van der Waals surface area contributed by atoms with E-state index in [1.807, 2.05) is 42.2 Å². The number of aromatic nitrogens is 1. The molecule has 1 aliphatic heterocycles. The number of carbonyl (C=O) groups excluding carboxylic acids is 1. The van der Waals surface area contributed by atoms with Gasteiger partial charge in [0, 0.05) is 30.7 Å². The summed E-state index contributed by atoms with van der Waals surface area (Å²) in [6.45, 7) is 6.19. The highest BCUT2D eigenvalue weighted by molar-refractivity contribution is 5.89. The van der Waals surface area contributed by atoms with Crippen molar-refractivity contribution in [1.82, 2.24) is 9.47 Å². The van der Waals surface area contributed by atoms with E-state index in [-0.39, 0.29) is 12.1 Å². The number of anilines is 1. The van der Waals surface area contributed by atoms with E-state index in [0.717, 1.165) is 18.0 Å². The van der Waals surface area contributed by atoms with Gasteiger partial charge in [0.05, 0.1) is 12.6 Å². The highest BCUT2D eigenvalue weighted by Crippen LogP contribution is 2.26. The Morgan fingerprint density at radius 2 is 2.05 bits per heavy atom. The first-order chi connectivity index (χ1) is 10.7. The average Bonchev–Trinajstić information content (AvgIpc) is 2.99. The maximum absolute atomic E-state index is 12.5. The Morgan fingerprint density at radius 1 is 1.27 bits per heavy atom. The molecular weight excluding hydrogens is 278 g/mol. The van der Waals surface area contributed by atoms with Crippen LogP contribution < -0.4 is 10.1 Å². The van der Waals surface area contributed by atoms with Gasteiger partial charge in [-0.05, 0) is 50.2 Å². The van der Waals surface area contributed by atoms with Crippen LogP contribution in [0.4, 0.5) is 10.5 Å². The fourth-order valence-corrected chi connectivity index (χ4v) is 2.85. The lowest BCUT2D eigenvalue weighted by Crippen LogP contribution is -2.42. The van der Waals surface area contributed by atoms with Crippen LogP contribution in [0.2, 0.25) is 0 Å². The molecule has 0 aliphatic carbocycles. The first-order valence-corrected chi connectivity index (χ1v) is 7.64. The molecular formula is C17H21N3O2. The summed E-state index contributed by atoms with van der Waals surface area (Å²) in [6, 6.07) is 11.6. The second-order valence-electron chi connectivity index (χ2n) is 5.38. The van der Waals surface area contributed by atoms with Crippen molar-refractivity contribution < 1.29 is 9.53 Å². The van der Waals surface area contributed by atoms with Gasteiger partial charge < -0.3 is 19.5 Å². The number of carbonyl (C=O) groups is 1. The van der Waals surface area contributed by atoms with Gasteiger partial charge in [-0.15, -0.1) is 0 Å². The Labute approximate surface area is 130 Å². The molecule has 2 heterocycles. The van der Waals surface area contributed by atoms with E-state index in [2.05, 4.69) is 29.1 Å². The molecule has 0 spiro atoms. The molecule has 2 amide bonds. The zero-order valence-corrected chi connectivity index (χ0v) is 13.0. The van der Waals surface area contributed by atoms with Gasteiger partial charge in [0.25, 0.3) is 0 Å². The van der Waals surface area contributed by atoms with Crippen LogP contribution >= 0.6 is 0 Å². The molecule has 0 saturated carbocycles. The molecule has 3 rings (SSSR count). The highest BCUT2D eigenvalue weighted by atomic mass is 16.5. The second kappa shape index (κ2) is 6.13. The maximum atomic E-state index is 12.5. The number of urea groups is 1. The van der Waals surface area contributed by atoms with Gasteiger partial charge >= 0.3 is 6.03 Å². The zero-order chi connectivity index (χ0) is 15.5. The van der Waals surface area contributed by atoms with Gasteiger partial charge in [0.1, 0.15) is 5.75 Å². The molecule has 22 heavy (non-hydrogen) atoms. The summed E-state index contributed by atoms with van der Waals surface area (Å²) in [5.41, 5.74) is 1.95. The van der Waals surface area contributed by atoms with Crippen LogP contribution in [0.15, 0.2) is 42.6 Å². The third-order valence-corrected chi connectivity index (χ3v) is 4.02. The molecule has 0 fully saturated rings. The van der Waals surface area contributed by atoms with Crippen LogP contribution in [0.3, 0.4) is 0 Å². The van der Waals surface area contributed by atoms with Crippen molar-refractivity contribution in [3.05, 3.63) is 48.3 Å². The Bertz CT molecular complexity index is 648.